The summed E-state index contributed by atoms with van der Waals surface area (Å²) in [4.78, 5) is 24.7. The van der Waals surface area contributed by atoms with Crippen molar-refractivity contribution < 1.29 is 28.2 Å². The average Bonchev–Trinajstić information content (AvgIpc) is 2.80. The number of carboxylic acid groups (broad SMARTS) is 1. The Hall–Kier alpha value is -2.95. The predicted molar refractivity (Wildman–Crippen MR) is 144 cm³/mol. The van der Waals surface area contributed by atoms with Crippen molar-refractivity contribution in [2.45, 2.75) is 58.1 Å². The van der Waals surface area contributed by atoms with Crippen molar-refractivity contribution in [2.75, 3.05) is 25.0 Å². The Labute approximate surface area is 220 Å². The monoisotopic (exact) mass is 533 g/mol. The highest BCUT2D eigenvalue weighted by atomic mass is 32.2. The fraction of sp³-hybridized carbons (Fsp3) is 0.481. The zero-order valence-corrected chi connectivity index (χ0v) is 23.0. The van der Waals surface area contributed by atoms with Gasteiger partial charge in [0.1, 0.15) is 0 Å². The lowest BCUT2D eigenvalue weighted by Gasteiger charge is -2.36. The molecule has 0 saturated carbocycles. The Bertz CT molecular complexity index is 1120. The van der Waals surface area contributed by atoms with Crippen LogP contribution in [0.4, 0.5) is 10.5 Å². The summed E-state index contributed by atoms with van der Waals surface area (Å²) in [6, 6.07) is 14.2. The zero-order chi connectivity index (χ0) is 27.8. The van der Waals surface area contributed by atoms with Crippen LogP contribution in [0.1, 0.15) is 40.2 Å². The quantitative estimate of drug-likeness (QED) is 0.358. The van der Waals surface area contributed by atoms with E-state index in [2.05, 4.69) is 5.32 Å². The molecule has 2 aromatic rings. The molecule has 204 valence electrons. The van der Waals surface area contributed by atoms with Crippen molar-refractivity contribution >= 4 is 27.7 Å². The highest BCUT2D eigenvalue weighted by Gasteiger charge is 2.35. The van der Waals surface area contributed by atoms with Gasteiger partial charge in [-0.25, -0.2) is 13.2 Å². The van der Waals surface area contributed by atoms with E-state index in [-0.39, 0.29) is 48.7 Å². The number of aliphatic hydroxyl groups excluding tert-OH is 1. The molecule has 0 aromatic heterocycles. The molecule has 2 atom stereocenters. The zero-order valence-electron chi connectivity index (χ0n) is 22.2. The van der Waals surface area contributed by atoms with Crippen LogP contribution in [0.5, 0.6) is 0 Å². The standard InChI is InChI=1S/C27H39N3O6S/c1-19(2)16-29(37(35,36)24-13-11-23(12-14-24)28-21(5)31)18-26(32)25(15-22-9-7-6-8-10-22)30(27(33)34)17-20(3)4/h6-14,19-20,25-26,32H,15-18H2,1-5H3,(H,28,31)(H,33,34)/t25-,26+/m0/s1. The molecule has 0 heterocycles. The molecule has 2 rings (SSSR count). The van der Waals surface area contributed by atoms with Gasteiger partial charge in [0.25, 0.3) is 0 Å². The molecule has 0 aliphatic carbocycles. The van der Waals surface area contributed by atoms with Crippen molar-refractivity contribution in [3.05, 3.63) is 60.2 Å². The number of hydrogen-bond acceptors (Lipinski definition) is 5. The van der Waals surface area contributed by atoms with Gasteiger partial charge in [0.15, 0.2) is 0 Å². The van der Waals surface area contributed by atoms with Gasteiger partial charge in [-0.2, -0.15) is 4.31 Å². The first-order valence-corrected chi connectivity index (χ1v) is 13.8. The first kappa shape index (κ1) is 30.3. The van der Waals surface area contributed by atoms with Gasteiger partial charge in [-0.05, 0) is 48.1 Å². The summed E-state index contributed by atoms with van der Waals surface area (Å²) in [6.45, 7) is 8.96. The molecule has 0 radical (unpaired) electrons. The molecule has 10 heteroatoms. The normalized spacial score (nSPS) is 13.5. The van der Waals surface area contributed by atoms with E-state index in [1.54, 1.807) is 0 Å². The molecule has 0 aliphatic heterocycles. The van der Waals surface area contributed by atoms with E-state index in [0.29, 0.717) is 5.69 Å². The van der Waals surface area contributed by atoms with Crippen LogP contribution < -0.4 is 5.32 Å². The first-order valence-electron chi connectivity index (χ1n) is 12.4. The lowest BCUT2D eigenvalue weighted by atomic mass is 9.98. The van der Waals surface area contributed by atoms with Crippen molar-refractivity contribution in [3.8, 4) is 0 Å². The minimum absolute atomic E-state index is 0.0131. The summed E-state index contributed by atoms with van der Waals surface area (Å²) >= 11 is 0. The summed E-state index contributed by atoms with van der Waals surface area (Å²) in [5.41, 5.74) is 1.31. The Morgan fingerprint density at radius 1 is 0.892 bits per heavy atom. The number of rotatable bonds is 13. The average molecular weight is 534 g/mol. The van der Waals surface area contributed by atoms with Crippen LogP contribution in [-0.2, 0) is 21.2 Å². The molecule has 37 heavy (non-hydrogen) atoms. The second-order valence-electron chi connectivity index (χ2n) is 10.1. The Balaban J connectivity index is 2.41. The van der Waals surface area contributed by atoms with Gasteiger partial charge in [-0.3, -0.25) is 4.79 Å². The molecular formula is C27H39N3O6S. The number of sulfonamides is 1. The summed E-state index contributed by atoms with van der Waals surface area (Å²) < 4.78 is 28.4. The number of nitrogens with one attached hydrogen (secondary N) is 1. The third kappa shape index (κ3) is 9.14. The third-order valence-electron chi connectivity index (χ3n) is 5.71. The van der Waals surface area contributed by atoms with E-state index in [9.17, 15) is 28.2 Å². The van der Waals surface area contributed by atoms with Crippen LogP contribution in [0.15, 0.2) is 59.5 Å². The fourth-order valence-electron chi connectivity index (χ4n) is 4.13. The maximum Gasteiger partial charge on any atom is 0.407 e. The van der Waals surface area contributed by atoms with Gasteiger partial charge in [0, 0.05) is 32.2 Å². The highest BCUT2D eigenvalue weighted by Crippen LogP contribution is 2.23. The molecule has 0 saturated heterocycles. The summed E-state index contributed by atoms with van der Waals surface area (Å²) in [6.07, 6.45) is -2.20. The van der Waals surface area contributed by atoms with Gasteiger partial charge in [0.05, 0.1) is 17.0 Å². The smallest absolute Gasteiger partial charge is 0.407 e. The largest absolute Gasteiger partial charge is 0.465 e. The van der Waals surface area contributed by atoms with E-state index < -0.39 is 28.3 Å². The van der Waals surface area contributed by atoms with Crippen molar-refractivity contribution in [3.63, 3.8) is 0 Å². The van der Waals surface area contributed by atoms with E-state index in [0.717, 1.165) is 5.56 Å². The van der Waals surface area contributed by atoms with Crippen LogP contribution in [0, 0.1) is 11.8 Å². The Kier molecular flexibility index (Phi) is 11.1. The lowest BCUT2D eigenvalue weighted by molar-refractivity contribution is -0.114. The minimum Gasteiger partial charge on any atom is -0.465 e. The Morgan fingerprint density at radius 3 is 1.95 bits per heavy atom. The molecule has 2 aromatic carbocycles. The van der Waals surface area contributed by atoms with Crippen LogP contribution in [0.25, 0.3) is 0 Å². The maximum atomic E-state index is 13.6. The fourth-order valence-corrected chi connectivity index (χ4v) is 5.75. The van der Waals surface area contributed by atoms with Gasteiger partial charge < -0.3 is 20.4 Å². The lowest BCUT2D eigenvalue weighted by Crippen LogP contribution is -2.53. The number of carbonyl (C=O) groups excluding carboxylic acids is 1. The summed E-state index contributed by atoms with van der Waals surface area (Å²) in [5, 5.41) is 24.0. The van der Waals surface area contributed by atoms with Gasteiger partial charge in [0.2, 0.25) is 15.9 Å². The first-order chi connectivity index (χ1) is 17.3. The maximum absolute atomic E-state index is 13.6. The van der Waals surface area contributed by atoms with E-state index in [1.807, 2.05) is 58.0 Å². The van der Waals surface area contributed by atoms with E-state index >= 15 is 0 Å². The minimum atomic E-state index is -4.02. The van der Waals surface area contributed by atoms with Crippen LogP contribution >= 0.6 is 0 Å². The number of hydrogen-bond donors (Lipinski definition) is 3. The van der Waals surface area contributed by atoms with Crippen molar-refractivity contribution in [1.82, 2.24) is 9.21 Å². The number of carbonyl (C=O) groups is 2. The molecule has 0 aliphatic rings. The summed E-state index contributed by atoms with van der Waals surface area (Å²) in [7, 11) is -4.02. The molecule has 9 nitrogen and oxygen atoms in total. The van der Waals surface area contributed by atoms with Crippen LogP contribution in [-0.4, -0.2) is 71.6 Å². The Morgan fingerprint density at radius 2 is 1.46 bits per heavy atom. The van der Waals surface area contributed by atoms with Crippen LogP contribution in [0.3, 0.4) is 0 Å². The van der Waals surface area contributed by atoms with Gasteiger partial charge >= 0.3 is 6.09 Å². The SMILES string of the molecule is CC(=O)Nc1ccc(S(=O)(=O)N(CC(C)C)C[C@@H](O)[C@H](Cc2ccccc2)N(CC(C)C)C(=O)O)cc1. The van der Waals surface area contributed by atoms with E-state index in [1.165, 1.54) is 40.4 Å². The van der Waals surface area contributed by atoms with Crippen LogP contribution in [0.2, 0.25) is 0 Å². The van der Waals surface area contributed by atoms with Crippen molar-refractivity contribution in [2.24, 2.45) is 11.8 Å². The van der Waals surface area contributed by atoms with Crippen molar-refractivity contribution in [1.29, 1.82) is 0 Å². The molecule has 0 spiro atoms. The molecule has 0 fully saturated rings. The topological polar surface area (TPSA) is 127 Å². The molecular weight excluding hydrogens is 494 g/mol. The highest BCUT2D eigenvalue weighted by molar-refractivity contribution is 7.89. The number of aliphatic hydroxyl groups is 1. The second-order valence-corrected chi connectivity index (χ2v) is 12.0. The number of amides is 2. The van der Waals surface area contributed by atoms with E-state index in [4.69, 9.17) is 0 Å². The number of anilines is 1. The summed E-state index contributed by atoms with van der Waals surface area (Å²) in [5.74, 6) is -0.298. The molecule has 0 unspecified atom stereocenters. The second kappa shape index (κ2) is 13.6. The molecule has 3 N–H and O–H groups in total. The molecule has 2 amide bonds. The number of nitrogens with zero attached hydrogens (tertiary/aromatic N) is 2. The number of benzene rings is 2. The third-order valence-corrected chi connectivity index (χ3v) is 7.56. The molecule has 0 bridgehead atoms. The predicted octanol–water partition coefficient (Wildman–Crippen LogP) is 3.90. The van der Waals surface area contributed by atoms with Gasteiger partial charge in [-0.15, -0.1) is 0 Å². The van der Waals surface area contributed by atoms with Gasteiger partial charge in [-0.1, -0.05) is 58.0 Å².